The summed E-state index contributed by atoms with van der Waals surface area (Å²) in [7, 11) is 0. The molecular weight excluding hydrogens is 475 g/mol. The second kappa shape index (κ2) is 9.53. The van der Waals surface area contributed by atoms with Crippen molar-refractivity contribution in [3.63, 3.8) is 0 Å². The Balaban J connectivity index is 1.62. The third kappa shape index (κ3) is 5.01. The van der Waals surface area contributed by atoms with Crippen LogP contribution in [0.2, 0.25) is 15.1 Å². The molecule has 3 aromatic rings. The van der Waals surface area contributed by atoms with Crippen LogP contribution in [0.3, 0.4) is 0 Å². The predicted octanol–water partition coefficient (Wildman–Crippen LogP) is 7.92. The van der Waals surface area contributed by atoms with Gasteiger partial charge in [0, 0.05) is 28.2 Å². The van der Waals surface area contributed by atoms with Crippen LogP contribution in [0.15, 0.2) is 68.9 Å². The maximum Gasteiger partial charge on any atom is 0.266 e. The molecule has 0 saturated carbocycles. The van der Waals surface area contributed by atoms with Gasteiger partial charge in [-0.05, 0) is 72.8 Å². The zero-order chi connectivity index (χ0) is 22.0. The van der Waals surface area contributed by atoms with E-state index in [9.17, 15) is 4.79 Å². The van der Waals surface area contributed by atoms with E-state index in [1.54, 1.807) is 47.4 Å². The number of carbonyl (C=O) groups excluding carboxylic acids is 1. The first-order chi connectivity index (χ1) is 14.9. The molecule has 2 heterocycles. The van der Waals surface area contributed by atoms with Crippen LogP contribution >= 0.6 is 46.6 Å². The molecule has 0 unspecified atom stereocenters. The van der Waals surface area contributed by atoms with E-state index < -0.39 is 0 Å². The molecule has 4 rings (SSSR count). The Labute approximate surface area is 199 Å². The van der Waals surface area contributed by atoms with E-state index in [0.29, 0.717) is 43.2 Å². The first-order valence-corrected chi connectivity index (χ1v) is 11.5. The lowest BCUT2D eigenvalue weighted by Gasteiger charge is -2.13. The molecule has 1 fully saturated rings. The quantitative estimate of drug-likeness (QED) is 0.340. The van der Waals surface area contributed by atoms with E-state index in [-0.39, 0.29) is 5.91 Å². The van der Waals surface area contributed by atoms with Gasteiger partial charge in [0.2, 0.25) is 0 Å². The van der Waals surface area contributed by atoms with Crippen LogP contribution in [0.4, 0.5) is 5.69 Å². The number of aliphatic imine (C=N–C) groups is 1. The molecule has 1 amide bonds. The summed E-state index contributed by atoms with van der Waals surface area (Å²) in [4.78, 5) is 19.9. The number of furan rings is 1. The third-order valence-electron chi connectivity index (χ3n) is 4.48. The molecule has 1 aromatic heterocycles. The van der Waals surface area contributed by atoms with Crippen LogP contribution in [0.25, 0.3) is 17.4 Å². The summed E-state index contributed by atoms with van der Waals surface area (Å²) < 4.78 is 5.92. The number of benzene rings is 2. The minimum Gasteiger partial charge on any atom is -0.457 e. The van der Waals surface area contributed by atoms with Crippen LogP contribution in [-0.2, 0) is 4.79 Å². The van der Waals surface area contributed by atoms with Gasteiger partial charge < -0.3 is 4.42 Å². The van der Waals surface area contributed by atoms with Gasteiger partial charge in [-0.3, -0.25) is 9.69 Å². The zero-order valence-electron chi connectivity index (χ0n) is 16.4. The highest BCUT2D eigenvalue weighted by atomic mass is 35.5. The number of carbonyl (C=O) groups is 1. The van der Waals surface area contributed by atoms with Gasteiger partial charge >= 0.3 is 0 Å². The van der Waals surface area contributed by atoms with Crippen molar-refractivity contribution >= 4 is 69.4 Å². The van der Waals surface area contributed by atoms with Crippen LogP contribution in [0.5, 0.6) is 0 Å². The summed E-state index contributed by atoms with van der Waals surface area (Å²) in [6.07, 6.45) is 2.55. The van der Waals surface area contributed by atoms with E-state index in [0.717, 1.165) is 17.7 Å². The Morgan fingerprint density at radius 1 is 1.03 bits per heavy atom. The molecule has 0 bridgehead atoms. The Morgan fingerprint density at radius 3 is 2.48 bits per heavy atom. The van der Waals surface area contributed by atoms with Crippen molar-refractivity contribution in [3.05, 3.63) is 80.3 Å². The number of thioether (sulfide) groups is 1. The van der Waals surface area contributed by atoms with Crippen LogP contribution in [0.1, 0.15) is 19.1 Å². The Bertz CT molecular complexity index is 1190. The highest BCUT2D eigenvalue weighted by Crippen LogP contribution is 2.36. The van der Waals surface area contributed by atoms with Gasteiger partial charge in [-0.25, -0.2) is 4.99 Å². The van der Waals surface area contributed by atoms with E-state index in [1.807, 2.05) is 25.1 Å². The topological polar surface area (TPSA) is 45.8 Å². The monoisotopic (exact) mass is 490 g/mol. The van der Waals surface area contributed by atoms with Gasteiger partial charge in [0.1, 0.15) is 11.5 Å². The molecule has 0 radical (unpaired) electrons. The van der Waals surface area contributed by atoms with Crippen molar-refractivity contribution in [1.82, 2.24) is 4.90 Å². The summed E-state index contributed by atoms with van der Waals surface area (Å²) >= 11 is 19.5. The Kier molecular flexibility index (Phi) is 6.77. The lowest BCUT2D eigenvalue weighted by atomic mass is 10.2. The second-order valence-electron chi connectivity index (χ2n) is 6.76. The molecule has 0 aliphatic carbocycles. The van der Waals surface area contributed by atoms with Gasteiger partial charge in [0.25, 0.3) is 5.91 Å². The number of amides is 1. The smallest absolute Gasteiger partial charge is 0.266 e. The molecule has 0 atom stereocenters. The van der Waals surface area contributed by atoms with Crippen molar-refractivity contribution < 1.29 is 9.21 Å². The highest BCUT2D eigenvalue weighted by Gasteiger charge is 2.33. The fourth-order valence-electron chi connectivity index (χ4n) is 3.03. The Morgan fingerprint density at radius 2 is 1.77 bits per heavy atom. The molecule has 1 aliphatic heterocycles. The minimum atomic E-state index is -0.0953. The van der Waals surface area contributed by atoms with Gasteiger partial charge in [-0.2, -0.15) is 0 Å². The lowest BCUT2D eigenvalue weighted by molar-refractivity contribution is -0.122. The van der Waals surface area contributed by atoms with Crippen LogP contribution in [0, 0.1) is 0 Å². The number of halogens is 3. The first kappa shape index (κ1) is 22.0. The molecule has 0 N–H and O–H groups in total. The minimum absolute atomic E-state index is 0.0953. The van der Waals surface area contributed by atoms with Gasteiger partial charge in [0.15, 0.2) is 5.17 Å². The summed E-state index contributed by atoms with van der Waals surface area (Å²) in [5.74, 6) is 1.06. The number of hydrogen-bond acceptors (Lipinski definition) is 4. The first-order valence-electron chi connectivity index (χ1n) is 9.55. The van der Waals surface area contributed by atoms with Gasteiger partial charge in [-0.15, -0.1) is 0 Å². The molecule has 1 aliphatic rings. The van der Waals surface area contributed by atoms with Crippen molar-refractivity contribution in [2.24, 2.45) is 4.99 Å². The van der Waals surface area contributed by atoms with Gasteiger partial charge in [0.05, 0.1) is 15.6 Å². The molecule has 2 aromatic carbocycles. The summed E-state index contributed by atoms with van der Waals surface area (Å²) in [6, 6.07) is 16.0. The molecule has 4 nitrogen and oxygen atoms in total. The average Bonchev–Trinajstić information content (AvgIpc) is 3.30. The maximum absolute atomic E-state index is 13.0. The predicted molar refractivity (Wildman–Crippen MR) is 130 cm³/mol. The third-order valence-corrected chi connectivity index (χ3v) is 6.29. The normalized spacial score (nSPS) is 16.6. The number of rotatable bonds is 5. The Hall–Kier alpha value is -2.18. The number of nitrogens with zero attached hydrogens (tertiary/aromatic N) is 2. The fraction of sp³-hybridized carbons (Fsp3) is 0.130. The molecule has 1 saturated heterocycles. The van der Waals surface area contributed by atoms with Crippen molar-refractivity contribution in [2.45, 2.75) is 13.3 Å². The van der Waals surface area contributed by atoms with Gasteiger partial charge in [-0.1, -0.05) is 41.7 Å². The largest absolute Gasteiger partial charge is 0.457 e. The van der Waals surface area contributed by atoms with Crippen LogP contribution in [-0.4, -0.2) is 22.5 Å². The fourth-order valence-corrected chi connectivity index (χ4v) is 4.66. The zero-order valence-corrected chi connectivity index (χ0v) is 19.5. The average molecular weight is 492 g/mol. The molecule has 8 heteroatoms. The van der Waals surface area contributed by atoms with Crippen LogP contribution < -0.4 is 0 Å². The van der Waals surface area contributed by atoms with E-state index in [2.05, 4.69) is 4.99 Å². The summed E-state index contributed by atoms with van der Waals surface area (Å²) in [6.45, 7) is 2.60. The molecule has 0 spiro atoms. The summed E-state index contributed by atoms with van der Waals surface area (Å²) in [5.41, 5.74) is 1.47. The van der Waals surface area contributed by atoms with Crippen molar-refractivity contribution in [2.75, 3.05) is 6.54 Å². The summed E-state index contributed by atoms with van der Waals surface area (Å²) in [5, 5.41) is 2.32. The lowest BCUT2D eigenvalue weighted by Crippen LogP contribution is -2.29. The molecule has 158 valence electrons. The van der Waals surface area contributed by atoms with Crippen molar-refractivity contribution in [1.29, 1.82) is 0 Å². The van der Waals surface area contributed by atoms with E-state index in [4.69, 9.17) is 39.2 Å². The second-order valence-corrected chi connectivity index (χ2v) is 9.05. The van der Waals surface area contributed by atoms with E-state index >= 15 is 0 Å². The van der Waals surface area contributed by atoms with E-state index in [1.165, 1.54) is 11.8 Å². The van der Waals surface area contributed by atoms with Crippen molar-refractivity contribution in [3.8, 4) is 11.3 Å². The molecule has 31 heavy (non-hydrogen) atoms. The number of amidine groups is 1. The molecular formula is C23H17Cl3N2O2S. The number of hydrogen-bond donors (Lipinski definition) is 0. The SMILES string of the molecule is CCCN1C(=O)/C(=C/c2ccc(-c3ccc(Cl)cc3Cl)o2)SC1=Nc1ccc(Cl)cc1. The maximum atomic E-state index is 13.0. The highest BCUT2D eigenvalue weighted by molar-refractivity contribution is 8.18. The standard InChI is InChI=1S/C23H17Cl3N2O2S/c1-2-11-28-22(29)21(31-23(28)27-16-6-3-14(24)4-7-16)13-17-8-10-20(30-17)18-9-5-15(25)12-19(18)26/h3-10,12-13H,2,11H2,1H3/b21-13-,27-23?.